The highest BCUT2D eigenvalue weighted by Gasteiger charge is 2.47. The predicted octanol–water partition coefficient (Wildman–Crippen LogP) is 4.76. The lowest BCUT2D eigenvalue weighted by atomic mass is 9.65. The molecule has 1 aliphatic rings. The van der Waals surface area contributed by atoms with E-state index in [0.29, 0.717) is 0 Å². The first kappa shape index (κ1) is 19.1. The lowest BCUT2D eigenvalue weighted by Crippen LogP contribution is -2.34. The molecular formula is C20H28O3. The number of hydrogen-bond acceptors (Lipinski definition) is 3. The van der Waals surface area contributed by atoms with Gasteiger partial charge in [-0.3, -0.25) is 9.59 Å². The van der Waals surface area contributed by atoms with Crippen LogP contribution in [0.3, 0.4) is 0 Å². The van der Waals surface area contributed by atoms with E-state index in [0.717, 1.165) is 38.5 Å². The molecule has 1 aliphatic heterocycles. The van der Waals surface area contributed by atoms with Crippen molar-refractivity contribution in [1.29, 1.82) is 0 Å². The molecule has 0 spiro atoms. The van der Waals surface area contributed by atoms with Crippen LogP contribution in [0.4, 0.5) is 0 Å². The molecule has 1 heterocycles. The van der Waals surface area contributed by atoms with Crippen molar-refractivity contribution >= 4 is 11.9 Å². The van der Waals surface area contributed by atoms with Crippen LogP contribution in [0.25, 0.3) is 0 Å². The highest BCUT2D eigenvalue weighted by atomic mass is 16.6. The summed E-state index contributed by atoms with van der Waals surface area (Å²) in [6.07, 6.45) is 12.8. The van der Waals surface area contributed by atoms with E-state index >= 15 is 0 Å². The molecule has 1 fully saturated rings. The van der Waals surface area contributed by atoms with Crippen LogP contribution in [-0.2, 0) is 14.3 Å². The molecule has 0 saturated carbocycles. The van der Waals surface area contributed by atoms with E-state index in [-0.39, 0.29) is 12.3 Å². The number of cyclic esters (lactones) is 2. The molecule has 0 aromatic rings. The van der Waals surface area contributed by atoms with Gasteiger partial charge in [-0.2, -0.15) is 0 Å². The van der Waals surface area contributed by atoms with Crippen molar-refractivity contribution < 1.29 is 14.3 Å². The lowest BCUT2D eigenvalue weighted by Gasteiger charge is -2.36. The maximum atomic E-state index is 12.2. The standard InChI is InChI=1S/C20H28O3/c1-5-9-11-13-20(8-4,15-16(7-3)12-10-6-2)17-14-18(21)23-19(17)22/h5-8,16-17H,1-4,9-15H2. The molecule has 1 saturated heterocycles. The number of allylic oxidation sites excluding steroid dienone is 4. The highest BCUT2D eigenvalue weighted by Crippen LogP contribution is 2.46. The third kappa shape index (κ3) is 5.05. The minimum atomic E-state index is -0.441. The van der Waals surface area contributed by atoms with Gasteiger partial charge in [-0.1, -0.05) is 24.3 Å². The fourth-order valence-electron chi connectivity index (χ4n) is 3.36. The molecule has 3 heteroatoms. The van der Waals surface area contributed by atoms with Crippen LogP contribution in [-0.4, -0.2) is 11.9 Å². The largest absolute Gasteiger partial charge is 0.393 e. The maximum absolute atomic E-state index is 12.2. The van der Waals surface area contributed by atoms with E-state index in [1.54, 1.807) is 0 Å². The molecule has 3 unspecified atom stereocenters. The number of ether oxygens (including phenoxy) is 1. The summed E-state index contributed by atoms with van der Waals surface area (Å²) < 4.78 is 4.80. The smallest absolute Gasteiger partial charge is 0.318 e. The van der Waals surface area contributed by atoms with Gasteiger partial charge in [0, 0.05) is 5.41 Å². The second-order valence-corrected chi connectivity index (χ2v) is 6.23. The Morgan fingerprint density at radius 3 is 2.35 bits per heavy atom. The fourth-order valence-corrected chi connectivity index (χ4v) is 3.36. The Morgan fingerprint density at radius 1 is 1.17 bits per heavy atom. The summed E-state index contributed by atoms with van der Waals surface area (Å²) in [5.41, 5.74) is -0.438. The zero-order valence-electron chi connectivity index (χ0n) is 14.0. The van der Waals surface area contributed by atoms with Gasteiger partial charge in [0.15, 0.2) is 0 Å². The van der Waals surface area contributed by atoms with Gasteiger partial charge in [0.1, 0.15) is 0 Å². The first-order valence-electron chi connectivity index (χ1n) is 8.25. The Kier molecular flexibility index (Phi) is 7.73. The molecule has 23 heavy (non-hydrogen) atoms. The van der Waals surface area contributed by atoms with Crippen LogP contribution in [0.1, 0.15) is 44.9 Å². The second kappa shape index (κ2) is 9.29. The van der Waals surface area contributed by atoms with Crippen LogP contribution in [0, 0.1) is 17.3 Å². The van der Waals surface area contributed by atoms with Crippen molar-refractivity contribution in [2.24, 2.45) is 17.3 Å². The quantitative estimate of drug-likeness (QED) is 0.225. The van der Waals surface area contributed by atoms with E-state index in [1.165, 1.54) is 0 Å². The molecule has 0 bridgehead atoms. The van der Waals surface area contributed by atoms with E-state index < -0.39 is 23.3 Å². The molecule has 3 nitrogen and oxygen atoms in total. The second-order valence-electron chi connectivity index (χ2n) is 6.23. The van der Waals surface area contributed by atoms with Gasteiger partial charge in [-0.05, 0) is 44.4 Å². The Labute approximate surface area is 139 Å². The van der Waals surface area contributed by atoms with Gasteiger partial charge < -0.3 is 4.74 Å². The van der Waals surface area contributed by atoms with Crippen molar-refractivity contribution in [3.63, 3.8) is 0 Å². The molecule has 126 valence electrons. The topological polar surface area (TPSA) is 43.4 Å². The summed E-state index contributed by atoms with van der Waals surface area (Å²) in [6.45, 7) is 15.4. The number of rotatable bonds is 12. The Hall–Kier alpha value is -1.90. The molecule has 0 aliphatic carbocycles. The monoisotopic (exact) mass is 316 g/mol. The average Bonchev–Trinajstić information content (AvgIpc) is 2.89. The van der Waals surface area contributed by atoms with Crippen molar-refractivity contribution in [2.75, 3.05) is 0 Å². The minimum Gasteiger partial charge on any atom is -0.393 e. The zero-order valence-corrected chi connectivity index (χ0v) is 14.0. The number of carbonyl (C=O) groups is 2. The van der Waals surface area contributed by atoms with Gasteiger partial charge >= 0.3 is 11.9 Å². The lowest BCUT2D eigenvalue weighted by molar-refractivity contribution is -0.154. The van der Waals surface area contributed by atoms with E-state index in [4.69, 9.17) is 4.74 Å². The number of hydrogen-bond donors (Lipinski definition) is 0. The third-order valence-electron chi connectivity index (χ3n) is 4.74. The van der Waals surface area contributed by atoms with Crippen LogP contribution in [0.15, 0.2) is 50.6 Å². The maximum Gasteiger partial charge on any atom is 0.318 e. The molecule has 0 amide bonds. The van der Waals surface area contributed by atoms with E-state index in [9.17, 15) is 9.59 Å². The molecule has 0 N–H and O–H groups in total. The zero-order chi connectivity index (χ0) is 17.3. The van der Waals surface area contributed by atoms with Gasteiger partial charge in [0.25, 0.3) is 0 Å². The number of unbranched alkanes of at least 4 members (excludes halogenated alkanes) is 1. The Morgan fingerprint density at radius 2 is 1.87 bits per heavy atom. The Balaban J connectivity index is 3.01. The molecule has 1 rings (SSSR count). The van der Waals surface area contributed by atoms with Crippen LogP contribution >= 0.6 is 0 Å². The first-order chi connectivity index (χ1) is 11.0. The summed E-state index contributed by atoms with van der Waals surface area (Å²) in [6, 6.07) is 0. The molecular weight excluding hydrogens is 288 g/mol. The number of carbonyl (C=O) groups excluding carboxylic acids is 2. The van der Waals surface area contributed by atoms with Gasteiger partial charge in [-0.15, -0.1) is 26.3 Å². The molecule has 3 atom stereocenters. The minimum absolute atomic E-state index is 0.143. The summed E-state index contributed by atoms with van der Waals surface area (Å²) >= 11 is 0. The van der Waals surface area contributed by atoms with Crippen LogP contribution < -0.4 is 0 Å². The van der Waals surface area contributed by atoms with Gasteiger partial charge in [0.2, 0.25) is 0 Å². The highest BCUT2D eigenvalue weighted by molar-refractivity contribution is 5.95. The normalized spacial score (nSPS) is 21.1. The summed E-state index contributed by atoms with van der Waals surface area (Å²) in [5, 5.41) is 0. The molecule has 0 aromatic carbocycles. The number of esters is 2. The summed E-state index contributed by atoms with van der Waals surface area (Å²) in [7, 11) is 0. The summed E-state index contributed by atoms with van der Waals surface area (Å²) in [5.74, 6) is -1.04. The van der Waals surface area contributed by atoms with Crippen molar-refractivity contribution in [3.05, 3.63) is 50.6 Å². The average molecular weight is 316 g/mol. The first-order valence-corrected chi connectivity index (χ1v) is 8.25. The van der Waals surface area contributed by atoms with Crippen molar-refractivity contribution in [2.45, 2.75) is 44.9 Å². The molecule has 0 aromatic heterocycles. The third-order valence-corrected chi connectivity index (χ3v) is 4.74. The van der Waals surface area contributed by atoms with Crippen LogP contribution in [0.2, 0.25) is 0 Å². The Bertz CT molecular complexity index is 477. The van der Waals surface area contributed by atoms with Gasteiger partial charge in [-0.25, -0.2) is 0 Å². The summed E-state index contributed by atoms with van der Waals surface area (Å²) in [4.78, 5) is 23.7. The van der Waals surface area contributed by atoms with Gasteiger partial charge in [0.05, 0.1) is 12.3 Å². The molecule has 0 radical (unpaired) electrons. The fraction of sp³-hybridized carbons (Fsp3) is 0.500. The predicted molar refractivity (Wildman–Crippen MR) is 93.6 cm³/mol. The van der Waals surface area contributed by atoms with Crippen molar-refractivity contribution in [1.82, 2.24) is 0 Å². The van der Waals surface area contributed by atoms with E-state index in [2.05, 4.69) is 26.3 Å². The SMILES string of the molecule is C=CCCCC(C=C)(CC(C=C)CCC=C)C1CC(=O)OC1=O. The van der Waals surface area contributed by atoms with Crippen molar-refractivity contribution in [3.8, 4) is 0 Å². The van der Waals surface area contributed by atoms with Crippen LogP contribution in [0.5, 0.6) is 0 Å². The van der Waals surface area contributed by atoms with E-state index in [1.807, 2.05) is 24.3 Å².